The predicted molar refractivity (Wildman–Crippen MR) is 126 cm³/mol. The normalized spacial score (nSPS) is 16.3. The highest BCUT2D eigenvalue weighted by molar-refractivity contribution is 5.82. The molecule has 0 radical (unpaired) electrons. The summed E-state index contributed by atoms with van der Waals surface area (Å²) < 4.78 is 3.41. The number of para-hydroxylation sites is 1. The van der Waals surface area contributed by atoms with Crippen molar-refractivity contribution < 1.29 is 0 Å². The number of hydrogen-bond donors (Lipinski definition) is 1. The molecule has 3 aromatic heterocycles. The standard InChI is InChI=1S/C24H25N7O/c1-2-3-13-30-22-21(28-24(30)29-12-6-7-18(25)16-29)14-27-31(23(22)32)15-17-10-11-26-20-9-5-4-8-19(17)20/h4-5,8-11,14,18H,6-7,12-13,15-16,25H2,1H3. The van der Waals surface area contributed by atoms with Crippen molar-refractivity contribution in [2.24, 2.45) is 5.73 Å². The number of nitrogens with two attached hydrogens (primary N) is 1. The topological polar surface area (TPSA) is 94.9 Å². The van der Waals surface area contributed by atoms with E-state index in [-0.39, 0.29) is 11.6 Å². The van der Waals surface area contributed by atoms with E-state index in [1.54, 1.807) is 19.3 Å². The van der Waals surface area contributed by atoms with Crippen molar-refractivity contribution in [2.45, 2.75) is 38.9 Å². The Kier molecular flexibility index (Phi) is 5.33. The summed E-state index contributed by atoms with van der Waals surface area (Å²) in [6, 6.07) is 9.94. The lowest BCUT2D eigenvalue weighted by Gasteiger charge is -2.31. The lowest BCUT2D eigenvalue weighted by Crippen LogP contribution is -2.44. The number of hydrogen-bond acceptors (Lipinski definition) is 6. The highest BCUT2D eigenvalue weighted by Gasteiger charge is 2.24. The summed E-state index contributed by atoms with van der Waals surface area (Å²) in [5.74, 6) is 6.76. The van der Waals surface area contributed by atoms with Gasteiger partial charge in [-0.3, -0.25) is 14.3 Å². The molecule has 1 unspecified atom stereocenters. The molecule has 1 aliphatic rings. The van der Waals surface area contributed by atoms with E-state index in [0.717, 1.165) is 41.8 Å². The first-order chi connectivity index (χ1) is 15.7. The maximum absolute atomic E-state index is 13.5. The molecule has 4 heterocycles. The van der Waals surface area contributed by atoms with Gasteiger partial charge in [0.15, 0.2) is 0 Å². The molecule has 4 aromatic rings. The second-order valence-electron chi connectivity index (χ2n) is 8.10. The molecule has 0 spiro atoms. The first-order valence-electron chi connectivity index (χ1n) is 10.8. The zero-order chi connectivity index (χ0) is 22.1. The van der Waals surface area contributed by atoms with E-state index in [0.29, 0.717) is 30.7 Å². The minimum Gasteiger partial charge on any atom is -0.341 e. The Morgan fingerprint density at radius 1 is 1.22 bits per heavy atom. The molecule has 8 heteroatoms. The van der Waals surface area contributed by atoms with Gasteiger partial charge in [-0.15, -0.1) is 5.92 Å². The highest BCUT2D eigenvalue weighted by atomic mass is 16.1. The van der Waals surface area contributed by atoms with Gasteiger partial charge in [0.2, 0.25) is 5.95 Å². The van der Waals surface area contributed by atoms with Crippen molar-refractivity contribution in [1.82, 2.24) is 24.3 Å². The average molecular weight is 428 g/mol. The van der Waals surface area contributed by atoms with E-state index in [4.69, 9.17) is 10.7 Å². The van der Waals surface area contributed by atoms with E-state index in [2.05, 4.69) is 26.8 Å². The van der Waals surface area contributed by atoms with Crippen LogP contribution < -0.4 is 16.2 Å². The number of nitrogens with zero attached hydrogens (tertiary/aromatic N) is 6. The number of anilines is 1. The van der Waals surface area contributed by atoms with Gasteiger partial charge in [0.25, 0.3) is 5.56 Å². The number of rotatable bonds is 4. The van der Waals surface area contributed by atoms with E-state index in [1.807, 2.05) is 34.9 Å². The summed E-state index contributed by atoms with van der Waals surface area (Å²) in [6.45, 7) is 4.12. The van der Waals surface area contributed by atoms with Crippen molar-refractivity contribution >= 4 is 27.9 Å². The van der Waals surface area contributed by atoms with Crippen LogP contribution >= 0.6 is 0 Å². The number of piperidine rings is 1. The van der Waals surface area contributed by atoms with Gasteiger partial charge in [-0.1, -0.05) is 24.1 Å². The third-order valence-electron chi connectivity index (χ3n) is 5.94. The second kappa shape index (κ2) is 8.44. The van der Waals surface area contributed by atoms with Crippen LogP contribution in [0.5, 0.6) is 0 Å². The number of fused-ring (bicyclic) bond motifs is 2. The summed E-state index contributed by atoms with van der Waals surface area (Å²) in [6.07, 6.45) is 5.44. The summed E-state index contributed by atoms with van der Waals surface area (Å²) >= 11 is 0. The molecule has 8 nitrogen and oxygen atoms in total. The summed E-state index contributed by atoms with van der Waals surface area (Å²) in [5.41, 5.74) is 9.01. The van der Waals surface area contributed by atoms with Gasteiger partial charge in [0.05, 0.1) is 24.8 Å². The van der Waals surface area contributed by atoms with Crippen LogP contribution in [-0.2, 0) is 13.1 Å². The predicted octanol–water partition coefficient (Wildman–Crippen LogP) is 2.14. The second-order valence-corrected chi connectivity index (χ2v) is 8.10. The third kappa shape index (κ3) is 3.61. The van der Waals surface area contributed by atoms with Gasteiger partial charge in [0, 0.05) is 30.7 Å². The Morgan fingerprint density at radius 3 is 2.94 bits per heavy atom. The number of aromatic nitrogens is 5. The Balaban J connectivity index is 1.62. The Morgan fingerprint density at radius 2 is 2.09 bits per heavy atom. The van der Waals surface area contributed by atoms with Gasteiger partial charge in [-0.2, -0.15) is 5.10 Å². The first-order valence-corrected chi connectivity index (χ1v) is 10.8. The average Bonchev–Trinajstić information content (AvgIpc) is 3.19. The van der Waals surface area contributed by atoms with Crippen LogP contribution in [-0.4, -0.2) is 43.4 Å². The van der Waals surface area contributed by atoms with Gasteiger partial charge in [0.1, 0.15) is 11.0 Å². The monoisotopic (exact) mass is 427 g/mol. The minimum absolute atomic E-state index is 0.101. The molecule has 162 valence electrons. The van der Waals surface area contributed by atoms with Crippen molar-refractivity contribution in [2.75, 3.05) is 18.0 Å². The van der Waals surface area contributed by atoms with E-state index < -0.39 is 0 Å². The van der Waals surface area contributed by atoms with Crippen LogP contribution in [0.2, 0.25) is 0 Å². The van der Waals surface area contributed by atoms with Crippen LogP contribution in [0.15, 0.2) is 47.5 Å². The minimum atomic E-state index is -0.179. The fourth-order valence-electron chi connectivity index (χ4n) is 4.38. The number of benzene rings is 1. The van der Waals surface area contributed by atoms with Crippen molar-refractivity contribution in [3.05, 3.63) is 58.6 Å². The quantitative estimate of drug-likeness (QED) is 0.502. The van der Waals surface area contributed by atoms with E-state index in [9.17, 15) is 4.79 Å². The maximum atomic E-state index is 13.5. The highest BCUT2D eigenvalue weighted by Crippen LogP contribution is 2.23. The van der Waals surface area contributed by atoms with E-state index >= 15 is 0 Å². The molecule has 0 bridgehead atoms. The van der Waals surface area contributed by atoms with Crippen molar-refractivity contribution in [3.63, 3.8) is 0 Å². The zero-order valence-corrected chi connectivity index (χ0v) is 18.0. The Bertz CT molecular complexity index is 1400. The molecule has 0 saturated carbocycles. The van der Waals surface area contributed by atoms with Crippen LogP contribution in [0.25, 0.3) is 21.9 Å². The summed E-state index contributed by atoms with van der Waals surface area (Å²) in [4.78, 5) is 24.9. The Labute approximate surface area is 185 Å². The van der Waals surface area contributed by atoms with Gasteiger partial charge in [-0.25, -0.2) is 9.67 Å². The van der Waals surface area contributed by atoms with Crippen molar-refractivity contribution in [3.8, 4) is 11.8 Å². The number of imidazole rings is 1. The molecule has 0 aliphatic carbocycles. The lowest BCUT2D eigenvalue weighted by atomic mass is 10.1. The fourth-order valence-corrected chi connectivity index (χ4v) is 4.38. The molecule has 1 saturated heterocycles. The lowest BCUT2D eigenvalue weighted by molar-refractivity contribution is 0.496. The molecule has 1 aliphatic heterocycles. The van der Waals surface area contributed by atoms with Gasteiger partial charge >= 0.3 is 0 Å². The molecule has 1 atom stereocenters. The van der Waals surface area contributed by atoms with Gasteiger partial charge < -0.3 is 10.6 Å². The van der Waals surface area contributed by atoms with Crippen LogP contribution in [0.4, 0.5) is 5.95 Å². The molecule has 2 N–H and O–H groups in total. The van der Waals surface area contributed by atoms with Crippen LogP contribution in [0.3, 0.4) is 0 Å². The first kappa shape index (κ1) is 20.2. The van der Waals surface area contributed by atoms with Crippen LogP contribution in [0, 0.1) is 11.8 Å². The fraction of sp³-hybridized carbons (Fsp3) is 0.333. The summed E-state index contributed by atoms with van der Waals surface area (Å²) in [5, 5.41) is 5.44. The van der Waals surface area contributed by atoms with Crippen molar-refractivity contribution in [1.29, 1.82) is 0 Å². The van der Waals surface area contributed by atoms with Gasteiger partial charge in [-0.05, 0) is 37.5 Å². The summed E-state index contributed by atoms with van der Waals surface area (Å²) in [7, 11) is 0. The molecular formula is C24H25N7O. The maximum Gasteiger partial charge on any atom is 0.293 e. The molecule has 32 heavy (non-hydrogen) atoms. The SMILES string of the molecule is CC#CCn1c(N2CCCC(N)C2)nc2cnn(Cc3ccnc4ccccc34)c(=O)c21. The third-order valence-corrected chi connectivity index (χ3v) is 5.94. The largest absolute Gasteiger partial charge is 0.341 e. The van der Waals surface area contributed by atoms with Crippen LogP contribution in [0.1, 0.15) is 25.3 Å². The Hall–Kier alpha value is -3.70. The smallest absolute Gasteiger partial charge is 0.293 e. The molecule has 5 rings (SSSR count). The molecular weight excluding hydrogens is 402 g/mol. The molecule has 0 amide bonds. The zero-order valence-electron chi connectivity index (χ0n) is 18.0. The van der Waals surface area contributed by atoms with E-state index in [1.165, 1.54) is 4.68 Å². The molecule has 1 fully saturated rings. The molecule has 1 aromatic carbocycles. The number of pyridine rings is 1.